The molecule has 200 valence electrons. The van der Waals surface area contributed by atoms with E-state index in [1.165, 1.54) is 25.3 Å². The number of halogens is 4. The Kier molecular flexibility index (Phi) is 7.73. The van der Waals surface area contributed by atoms with Crippen LogP contribution in [-0.4, -0.2) is 30.8 Å². The van der Waals surface area contributed by atoms with Gasteiger partial charge in [0.15, 0.2) is 0 Å². The Balaban J connectivity index is 1.40. The number of methoxy groups -OCH3 is 1. The van der Waals surface area contributed by atoms with Gasteiger partial charge in [-0.05, 0) is 60.2 Å². The summed E-state index contributed by atoms with van der Waals surface area (Å²) in [7, 11) is 1.27. The standard InChI is InChI=1S/C27H19ClF3N3O5/c1-39-26(38)16-7-11-18(12-8-16)32-21(35)13-15-5-9-19(10-6-15)33-23-22(28)24(36)34(25(23)37)20-4-2-3-17(14-20)27(29,30)31/h2-12,14,33H,13H2,1H3,(H,32,35). The van der Waals surface area contributed by atoms with E-state index in [4.69, 9.17) is 11.6 Å². The molecule has 0 radical (unpaired) electrons. The first kappa shape index (κ1) is 27.4. The zero-order chi connectivity index (χ0) is 28.3. The van der Waals surface area contributed by atoms with E-state index >= 15 is 0 Å². The Morgan fingerprint density at radius 2 is 1.56 bits per heavy atom. The van der Waals surface area contributed by atoms with Crippen molar-refractivity contribution in [1.82, 2.24) is 0 Å². The molecule has 3 aromatic rings. The number of benzene rings is 3. The summed E-state index contributed by atoms with van der Waals surface area (Å²) in [5.41, 5.74) is 0.241. The molecule has 0 bridgehead atoms. The number of hydrogen-bond donors (Lipinski definition) is 2. The summed E-state index contributed by atoms with van der Waals surface area (Å²) in [5, 5.41) is 4.97. The number of ether oxygens (including phenoxy) is 1. The Morgan fingerprint density at radius 3 is 2.18 bits per heavy atom. The topological polar surface area (TPSA) is 105 Å². The molecule has 0 aromatic heterocycles. The van der Waals surface area contributed by atoms with Crippen LogP contribution in [0.25, 0.3) is 0 Å². The van der Waals surface area contributed by atoms with Crippen LogP contribution >= 0.6 is 11.6 Å². The van der Waals surface area contributed by atoms with Crippen molar-refractivity contribution in [2.45, 2.75) is 12.6 Å². The third kappa shape index (κ3) is 6.10. The largest absolute Gasteiger partial charge is 0.465 e. The van der Waals surface area contributed by atoms with Crippen LogP contribution in [0.4, 0.5) is 30.2 Å². The monoisotopic (exact) mass is 557 g/mol. The summed E-state index contributed by atoms with van der Waals surface area (Å²) >= 11 is 6.06. The van der Waals surface area contributed by atoms with E-state index in [2.05, 4.69) is 15.4 Å². The second-order valence-corrected chi connectivity index (χ2v) is 8.68. The molecule has 2 N–H and O–H groups in total. The van der Waals surface area contributed by atoms with Crippen LogP contribution in [0.1, 0.15) is 21.5 Å². The van der Waals surface area contributed by atoms with Crippen molar-refractivity contribution in [3.63, 3.8) is 0 Å². The number of nitrogens with zero attached hydrogens (tertiary/aromatic N) is 1. The highest BCUT2D eigenvalue weighted by molar-refractivity contribution is 6.53. The van der Waals surface area contributed by atoms with Gasteiger partial charge in [0, 0.05) is 11.4 Å². The summed E-state index contributed by atoms with van der Waals surface area (Å²) < 4.78 is 43.9. The smallest absolute Gasteiger partial charge is 0.416 e. The van der Waals surface area contributed by atoms with E-state index in [0.29, 0.717) is 33.5 Å². The van der Waals surface area contributed by atoms with Gasteiger partial charge < -0.3 is 15.4 Å². The first-order valence-electron chi connectivity index (χ1n) is 11.3. The Labute approximate surface area is 225 Å². The lowest BCUT2D eigenvalue weighted by Crippen LogP contribution is -2.32. The van der Waals surface area contributed by atoms with Gasteiger partial charge in [-0.2, -0.15) is 13.2 Å². The molecule has 4 rings (SSSR count). The van der Waals surface area contributed by atoms with E-state index < -0.39 is 34.6 Å². The highest BCUT2D eigenvalue weighted by atomic mass is 35.5. The minimum atomic E-state index is -4.66. The maximum absolute atomic E-state index is 13.1. The lowest BCUT2D eigenvalue weighted by Gasteiger charge is -2.17. The molecular weight excluding hydrogens is 539 g/mol. The van der Waals surface area contributed by atoms with Crippen molar-refractivity contribution in [2.24, 2.45) is 0 Å². The molecule has 12 heteroatoms. The fourth-order valence-corrected chi connectivity index (χ4v) is 3.93. The summed E-state index contributed by atoms with van der Waals surface area (Å²) in [6, 6.07) is 16.3. The van der Waals surface area contributed by atoms with E-state index in [1.54, 1.807) is 36.4 Å². The van der Waals surface area contributed by atoms with E-state index in [-0.39, 0.29) is 23.7 Å². The van der Waals surface area contributed by atoms with Crippen molar-refractivity contribution >= 4 is 52.4 Å². The number of hydrogen-bond acceptors (Lipinski definition) is 6. The molecule has 0 atom stereocenters. The number of nitrogens with one attached hydrogen (secondary N) is 2. The van der Waals surface area contributed by atoms with Gasteiger partial charge in [0.25, 0.3) is 11.8 Å². The SMILES string of the molecule is COC(=O)c1ccc(NC(=O)Cc2ccc(NC3=C(Cl)C(=O)N(c4cccc(C(F)(F)F)c4)C3=O)cc2)cc1. The molecule has 0 saturated carbocycles. The molecule has 3 aromatic carbocycles. The fourth-order valence-electron chi connectivity index (χ4n) is 3.72. The summed E-state index contributed by atoms with van der Waals surface area (Å²) in [5.74, 6) is -2.69. The molecule has 1 aliphatic rings. The summed E-state index contributed by atoms with van der Waals surface area (Å²) in [4.78, 5) is 50.0. The highest BCUT2D eigenvalue weighted by Gasteiger charge is 2.40. The molecule has 0 spiro atoms. The number of alkyl halides is 3. The number of imide groups is 1. The van der Waals surface area contributed by atoms with Gasteiger partial charge in [-0.3, -0.25) is 14.4 Å². The van der Waals surface area contributed by atoms with Crippen LogP contribution in [0.3, 0.4) is 0 Å². The number of rotatable bonds is 7. The van der Waals surface area contributed by atoms with Gasteiger partial charge in [-0.15, -0.1) is 0 Å². The number of anilines is 3. The second kappa shape index (κ2) is 11.0. The average molecular weight is 558 g/mol. The molecule has 1 heterocycles. The van der Waals surface area contributed by atoms with Gasteiger partial charge in [0.1, 0.15) is 10.7 Å². The fraction of sp³-hybridized carbons (Fsp3) is 0.111. The maximum Gasteiger partial charge on any atom is 0.416 e. The third-order valence-corrected chi connectivity index (χ3v) is 5.99. The molecule has 0 unspecified atom stereocenters. The van der Waals surface area contributed by atoms with Gasteiger partial charge >= 0.3 is 12.1 Å². The van der Waals surface area contributed by atoms with E-state index in [1.807, 2.05) is 0 Å². The van der Waals surface area contributed by atoms with E-state index in [9.17, 15) is 32.3 Å². The van der Waals surface area contributed by atoms with Crippen molar-refractivity contribution in [1.29, 1.82) is 0 Å². The molecule has 0 aliphatic carbocycles. The Morgan fingerprint density at radius 1 is 0.923 bits per heavy atom. The van der Waals surface area contributed by atoms with Gasteiger partial charge in [-0.1, -0.05) is 29.8 Å². The van der Waals surface area contributed by atoms with Gasteiger partial charge in [0.05, 0.1) is 30.3 Å². The van der Waals surface area contributed by atoms with Crippen LogP contribution in [-0.2, 0) is 31.7 Å². The Hall–Kier alpha value is -4.64. The second-order valence-electron chi connectivity index (χ2n) is 8.30. The summed E-state index contributed by atoms with van der Waals surface area (Å²) in [6.07, 6.45) is -4.64. The normalized spacial score (nSPS) is 13.5. The maximum atomic E-state index is 13.1. The molecular formula is C27H19ClF3N3O5. The third-order valence-electron chi connectivity index (χ3n) is 5.64. The average Bonchev–Trinajstić information content (AvgIpc) is 3.12. The lowest BCUT2D eigenvalue weighted by atomic mass is 10.1. The number of amides is 3. The van der Waals surface area contributed by atoms with Crippen LogP contribution in [0.5, 0.6) is 0 Å². The van der Waals surface area contributed by atoms with Crippen molar-refractivity contribution in [3.05, 3.63) is 100 Å². The Bertz CT molecular complexity index is 1490. The minimum Gasteiger partial charge on any atom is -0.465 e. The van der Waals surface area contributed by atoms with Crippen molar-refractivity contribution in [3.8, 4) is 0 Å². The van der Waals surface area contributed by atoms with Crippen molar-refractivity contribution < 1.29 is 37.1 Å². The molecule has 3 amide bonds. The van der Waals surface area contributed by atoms with Crippen molar-refractivity contribution in [2.75, 3.05) is 22.6 Å². The first-order valence-corrected chi connectivity index (χ1v) is 11.7. The zero-order valence-electron chi connectivity index (χ0n) is 20.1. The van der Waals surface area contributed by atoms with Crippen LogP contribution < -0.4 is 15.5 Å². The lowest BCUT2D eigenvalue weighted by molar-refractivity contribution is -0.137. The van der Waals surface area contributed by atoms with Gasteiger partial charge in [0.2, 0.25) is 5.91 Å². The number of carbonyl (C=O) groups is 4. The first-order chi connectivity index (χ1) is 18.5. The predicted molar refractivity (Wildman–Crippen MR) is 137 cm³/mol. The van der Waals surface area contributed by atoms with Crippen LogP contribution in [0.15, 0.2) is 83.5 Å². The highest BCUT2D eigenvalue weighted by Crippen LogP contribution is 2.35. The minimum absolute atomic E-state index is 0.0171. The quantitative estimate of drug-likeness (QED) is 0.309. The van der Waals surface area contributed by atoms with Gasteiger partial charge in [-0.25, -0.2) is 9.69 Å². The van der Waals surface area contributed by atoms with E-state index in [0.717, 1.165) is 12.1 Å². The van der Waals surface area contributed by atoms with Crippen LogP contribution in [0, 0.1) is 0 Å². The number of esters is 1. The zero-order valence-corrected chi connectivity index (χ0v) is 20.9. The van der Waals surface area contributed by atoms with Crippen LogP contribution in [0.2, 0.25) is 0 Å². The molecule has 39 heavy (non-hydrogen) atoms. The molecule has 0 saturated heterocycles. The molecule has 1 aliphatic heterocycles. The molecule has 8 nitrogen and oxygen atoms in total. The predicted octanol–water partition coefficient (Wildman–Crippen LogP) is 5.11. The summed E-state index contributed by atoms with van der Waals surface area (Å²) in [6.45, 7) is 0. The number of carbonyl (C=O) groups excluding carboxylic acids is 4. The molecule has 0 fully saturated rings.